The molecule has 2 heterocycles. The molecule has 2 aromatic rings. The van der Waals surface area contributed by atoms with Gasteiger partial charge in [-0.1, -0.05) is 0 Å². The van der Waals surface area contributed by atoms with Gasteiger partial charge in [-0.3, -0.25) is 4.79 Å². The summed E-state index contributed by atoms with van der Waals surface area (Å²) in [5, 5.41) is 0. The lowest BCUT2D eigenvalue weighted by atomic mass is 10.1. The van der Waals surface area contributed by atoms with E-state index < -0.39 is 5.91 Å². The summed E-state index contributed by atoms with van der Waals surface area (Å²) in [7, 11) is 0. The third-order valence-corrected chi connectivity index (χ3v) is 1.93. The van der Waals surface area contributed by atoms with Crippen LogP contribution >= 0.6 is 0 Å². The van der Waals surface area contributed by atoms with Gasteiger partial charge in [-0.2, -0.15) is 0 Å². The van der Waals surface area contributed by atoms with Crippen molar-refractivity contribution in [1.29, 1.82) is 0 Å². The number of nitrogen functional groups attached to an aromatic ring is 1. The molecule has 2 aromatic heterocycles. The van der Waals surface area contributed by atoms with Gasteiger partial charge in [0.2, 0.25) is 5.91 Å². The smallest absolute Gasteiger partial charge is 0.221 e. The van der Waals surface area contributed by atoms with Crippen LogP contribution in [0.25, 0.3) is 11.0 Å². The van der Waals surface area contributed by atoms with E-state index in [0.717, 1.165) is 5.52 Å². The highest BCUT2D eigenvalue weighted by Gasteiger charge is 2.09. The van der Waals surface area contributed by atoms with E-state index >= 15 is 0 Å². The van der Waals surface area contributed by atoms with E-state index in [1.807, 2.05) is 0 Å². The number of fused-ring (bicyclic) bond motifs is 1. The molecule has 0 aliphatic carbocycles. The number of hydrogen-bond acceptors (Lipinski definition) is 4. The number of primary amides is 1. The molecule has 0 aliphatic rings. The van der Waals surface area contributed by atoms with Crippen molar-refractivity contribution in [3.8, 4) is 0 Å². The SMILES string of the molecule is NC(=O)Cc1cnc(N)c2nc[nH]c12. The van der Waals surface area contributed by atoms with Gasteiger partial charge in [0.1, 0.15) is 5.52 Å². The second kappa shape index (κ2) is 2.99. The summed E-state index contributed by atoms with van der Waals surface area (Å²) >= 11 is 0. The first-order valence-corrected chi connectivity index (χ1v) is 4.03. The zero-order chi connectivity index (χ0) is 10.1. The number of carbonyl (C=O) groups excluding carboxylic acids is 1. The molecule has 0 aromatic carbocycles. The van der Waals surface area contributed by atoms with Crippen molar-refractivity contribution in [2.75, 3.05) is 5.73 Å². The molecular weight excluding hydrogens is 182 g/mol. The van der Waals surface area contributed by atoms with Gasteiger partial charge in [0, 0.05) is 11.8 Å². The normalized spacial score (nSPS) is 10.6. The monoisotopic (exact) mass is 191 g/mol. The Morgan fingerprint density at radius 2 is 2.29 bits per heavy atom. The second-order valence-corrected chi connectivity index (χ2v) is 2.94. The molecule has 0 unspecified atom stereocenters. The fourth-order valence-corrected chi connectivity index (χ4v) is 1.33. The average Bonchev–Trinajstić information content (AvgIpc) is 2.58. The first kappa shape index (κ1) is 8.49. The summed E-state index contributed by atoms with van der Waals surface area (Å²) in [6.07, 6.45) is 3.17. The van der Waals surface area contributed by atoms with Crippen LogP contribution < -0.4 is 11.5 Å². The number of hydrogen-bond donors (Lipinski definition) is 3. The lowest BCUT2D eigenvalue weighted by Gasteiger charge is -2.00. The van der Waals surface area contributed by atoms with Gasteiger partial charge < -0.3 is 16.5 Å². The maximum Gasteiger partial charge on any atom is 0.221 e. The minimum Gasteiger partial charge on any atom is -0.382 e. The Morgan fingerprint density at radius 1 is 1.50 bits per heavy atom. The molecule has 0 saturated carbocycles. The molecule has 1 amide bonds. The Morgan fingerprint density at radius 3 is 3.00 bits per heavy atom. The van der Waals surface area contributed by atoms with E-state index in [9.17, 15) is 4.79 Å². The van der Waals surface area contributed by atoms with Gasteiger partial charge in [0.25, 0.3) is 0 Å². The Balaban J connectivity index is 2.60. The number of carbonyl (C=O) groups is 1. The van der Waals surface area contributed by atoms with Crippen LogP contribution in [0.5, 0.6) is 0 Å². The standard InChI is InChI=1S/C8H9N5O/c9-5(14)1-4-2-11-8(10)7-6(4)12-3-13-7/h2-3H,1H2,(H2,9,14)(H2,10,11)(H,12,13). The zero-order valence-electron chi connectivity index (χ0n) is 7.32. The van der Waals surface area contributed by atoms with Crippen LogP contribution in [0.3, 0.4) is 0 Å². The summed E-state index contributed by atoms with van der Waals surface area (Å²) in [6.45, 7) is 0. The number of nitrogens with zero attached hydrogens (tertiary/aromatic N) is 2. The lowest BCUT2D eigenvalue weighted by molar-refractivity contribution is -0.117. The molecule has 0 saturated heterocycles. The van der Waals surface area contributed by atoms with E-state index in [1.54, 1.807) is 0 Å². The summed E-state index contributed by atoms with van der Waals surface area (Å²) in [5.41, 5.74) is 12.7. The first-order valence-electron chi connectivity index (χ1n) is 4.03. The van der Waals surface area contributed by atoms with Crippen molar-refractivity contribution in [2.45, 2.75) is 6.42 Å². The highest BCUT2D eigenvalue weighted by Crippen LogP contribution is 2.18. The maximum absolute atomic E-state index is 10.7. The van der Waals surface area contributed by atoms with Crippen LogP contribution in [-0.2, 0) is 11.2 Å². The van der Waals surface area contributed by atoms with Crippen LogP contribution in [0, 0.1) is 0 Å². The van der Waals surface area contributed by atoms with Crippen molar-refractivity contribution in [3.63, 3.8) is 0 Å². The first-order chi connectivity index (χ1) is 6.68. The second-order valence-electron chi connectivity index (χ2n) is 2.94. The number of aromatic amines is 1. The maximum atomic E-state index is 10.7. The largest absolute Gasteiger partial charge is 0.382 e. The molecule has 72 valence electrons. The number of anilines is 1. The molecule has 14 heavy (non-hydrogen) atoms. The van der Waals surface area contributed by atoms with Crippen LogP contribution in [-0.4, -0.2) is 20.9 Å². The van der Waals surface area contributed by atoms with Gasteiger partial charge in [-0.25, -0.2) is 9.97 Å². The van der Waals surface area contributed by atoms with E-state index in [-0.39, 0.29) is 6.42 Å². The molecule has 0 atom stereocenters. The third kappa shape index (κ3) is 1.26. The van der Waals surface area contributed by atoms with Gasteiger partial charge in [-0.05, 0) is 0 Å². The highest BCUT2D eigenvalue weighted by molar-refractivity contribution is 5.89. The summed E-state index contributed by atoms with van der Waals surface area (Å²) in [5.74, 6) is -0.0676. The fourth-order valence-electron chi connectivity index (χ4n) is 1.33. The fraction of sp³-hybridized carbons (Fsp3) is 0.125. The quantitative estimate of drug-likeness (QED) is 0.597. The van der Waals surface area contributed by atoms with E-state index in [2.05, 4.69) is 15.0 Å². The number of imidazole rings is 1. The number of pyridine rings is 1. The molecule has 0 bridgehead atoms. The summed E-state index contributed by atoms with van der Waals surface area (Å²) in [4.78, 5) is 21.6. The highest BCUT2D eigenvalue weighted by atomic mass is 16.1. The van der Waals surface area contributed by atoms with Gasteiger partial charge in [0.15, 0.2) is 5.82 Å². The topological polar surface area (TPSA) is 111 Å². The van der Waals surface area contributed by atoms with Crippen molar-refractivity contribution < 1.29 is 4.79 Å². The number of amides is 1. The number of H-pyrrole nitrogens is 1. The van der Waals surface area contributed by atoms with E-state index in [4.69, 9.17) is 11.5 Å². The van der Waals surface area contributed by atoms with Crippen molar-refractivity contribution in [1.82, 2.24) is 15.0 Å². The molecule has 6 heteroatoms. The van der Waals surface area contributed by atoms with Gasteiger partial charge >= 0.3 is 0 Å². The van der Waals surface area contributed by atoms with Crippen LogP contribution in [0.15, 0.2) is 12.5 Å². The van der Waals surface area contributed by atoms with E-state index in [1.165, 1.54) is 12.5 Å². The molecular formula is C8H9N5O. The van der Waals surface area contributed by atoms with Crippen molar-refractivity contribution >= 4 is 22.8 Å². The van der Waals surface area contributed by atoms with Crippen LogP contribution in [0.4, 0.5) is 5.82 Å². The van der Waals surface area contributed by atoms with Crippen molar-refractivity contribution in [2.24, 2.45) is 5.73 Å². The third-order valence-electron chi connectivity index (χ3n) is 1.93. The Labute approximate surface area is 79.3 Å². The van der Waals surface area contributed by atoms with Crippen LogP contribution in [0.1, 0.15) is 5.56 Å². The molecule has 6 nitrogen and oxygen atoms in total. The molecule has 0 spiro atoms. The molecule has 0 radical (unpaired) electrons. The number of aromatic nitrogens is 3. The Kier molecular flexibility index (Phi) is 1.81. The number of rotatable bonds is 2. The van der Waals surface area contributed by atoms with Crippen LogP contribution in [0.2, 0.25) is 0 Å². The molecule has 0 aliphatic heterocycles. The summed E-state index contributed by atoms with van der Waals surface area (Å²) in [6, 6.07) is 0. The van der Waals surface area contributed by atoms with Gasteiger partial charge in [-0.15, -0.1) is 0 Å². The average molecular weight is 191 g/mol. The molecule has 2 rings (SSSR count). The predicted octanol–water partition coefficient (Wildman–Crippen LogP) is -0.432. The minimum atomic E-state index is -0.410. The van der Waals surface area contributed by atoms with Crippen molar-refractivity contribution in [3.05, 3.63) is 18.1 Å². The summed E-state index contributed by atoms with van der Waals surface area (Å²) < 4.78 is 0. The Bertz CT molecular complexity index is 489. The molecule has 5 N–H and O–H groups in total. The number of nitrogens with two attached hydrogens (primary N) is 2. The number of nitrogens with one attached hydrogen (secondary N) is 1. The van der Waals surface area contributed by atoms with E-state index in [0.29, 0.717) is 16.9 Å². The minimum absolute atomic E-state index is 0.131. The zero-order valence-corrected chi connectivity index (χ0v) is 7.32. The lowest BCUT2D eigenvalue weighted by Crippen LogP contribution is -2.14. The van der Waals surface area contributed by atoms with Gasteiger partial charge in [0.05, 0.1) is 18.3 Å². The Hall–Kier alpha value is -2.11. The molecule has 0 fully saturated rings. The predicted molar refractivity (Wildman–Crippen MR) is 51.2 cm³/mol.